The van der Waals surface area contributed by atoms with Gasteiger partial charge in [-0.15, -0.1) is 0 Å². The van der Waals surface area contributed by atoms with E-state index in [1.165, 1.54) is 5.56 Å². The van der Waals surface area contributed by atoms with Crippen molar-refractivity contribution in [1.29, 1.82) is 0 Å². The summed E-state index contributed by atoms with van der Waals surface area (Å²) in [6.45, 7) is 2.65. The standard InChI is InChI=1S/C11H11N3O/c1-7-10(15)13-11-12-9-5-3-2-4-8(9)6-14(7)11/h2-5,7H,6H2,1H3,(H,12,13,15)/t7-/m0/s1. The van der Waals surface area contributed by atoms with Gasteiger partial charge in [0.15, 0.2) is 0 Å². The zero-order chi connectivity index (χ0) is 10.4. The van der Waals surface area contributed by atoms with Crippen molar-refractivity contribution in [3.05, 3.63) is 29.8 Å². The van der Waals surface area contributed by atoms with E-state index in [0.717, 1.165) is 12.2 Å². The van der Waals surface area contributed by atoms with Crippen molar-refractivity contribution in [2.75, 3.05) is 0 Å². The first-order valence-electron chi connectivity index (χ1n) is 5.00. The topological polar surface area (TPSA) is 44.7 Å². The molecule has 0 unspecified atom stereocenters. The van der Waals surface area contributed by atoms with Gasteiger partial charge in [0.25, 0.3) is 0 Å². The number of nitrogens with zero attached hydrogens (tertiary/aromatic N) is 2. The molecule has 4 nitrogen and oxygen atoms in total. The lowest BCUT2D eigenvalue weighted by Gasteiger charge is -2.25. The van der Waals surface area contributed by atoms with Gasteiger partial charge in [0.1, 0.15) is 6.04 Å². The molecule has 1 amide bonds. The van der Waals surface area contributed by atoms with E-state index >= 15 is 0 Å². The number of hydrogen-bond donors (Lipinski definition) is 1. The summed E-state index contributed by atoms with van der Waals surface area (Å²) in [7, 11) is 0. The third kappa shape index (κ3) is 1.14. The van der Waals surface area contributed by atoms with Gasteiger partial charge < -0.3 is 4.90 Å². The van der Waals surface area contributed by atoms with Crippen molar-refractivity contribution >= 4 is 17.6 Å². The molecule has 2 aliphatic heterocycles. The Morgan fingerprint density at radius 2 is 2.27 bits per heavy atom. The molecule has 0 saturated carbocycles. The number of benzene rings is 1. The highest BCUT2D eigenvalue weighted by atomic mass is 16.2. The molecule has 1 aromatic carbocycles. The molecule has 0 aromatic heterocycles. The first-order chi connectivity index (χ1) is 7.25. The molecule has 15 heavy (non-hydrogen) atoms. The first kappa shape index (κ1) is 8.47. The number of para-hydroxylation sites is 1. The number of amides is 1. The first-order valence-corrected chi connectivity index (χ1v) is 5.00. The molecule has 1 N–H and O–H groups in total. The molecule has 1 atom stereocenters. The summed E-state index contributed by atoms with van der Waals surface area (Å²) in [5.41, 5.74) is 2.13. The fraction of sp³-hybridized carbons (Fsp3) is 0.273. The van der Waals surface area contributed by atoms with Crippen molar-refractivity contribution < 1.29 is 4.79 Å². The van der Waals surface area contributed by atoms with E-state index in [1.807, 2.05) is 36.1 Å². The summed E-state index contributed by atoms with van der Waals surface area (Å²) in [5, 5.41) is 2.78. The fourth-order valence-electron chi connectivity index (χ4n) is 1.97. The van der Waals surface area contributed by atoms with Crippen LogP contribution in [0.5, 0.6) is 0 Å². The van der Waals surface area contributed by atoms with Crippen LogP contribution in [0.2, 0.25) is 0 Å². The van der Waals surface area contributed by atoms with E-state index in [1.54, 1.807) is 0 Å². The molecule has 0 spiro atoms. The monoisotopic (exact) mass is 201 g/mol. The van der Waals surface area contributed by atoms with E-state index in [-0.39, 0.29) is 11.9 Å². The number of hydrogen-bond acceptors (Lipinski definition) is 3. The van der Waals surface area contributed by atoms with Crippen LogP contribution in [-0.4, -0.2) is 22.8 Å². The van der Waals surface area contributed by atoms with Crippen molar-refractivity contribution in [2.24, 2.45) is 4.99 Å². The molecule has 4 heteroatoms. The third-order valence-corrected chi connectivity index (χ3v) is 2.91. The average Bonchev–Trinajstić information content (AvgIpc) is 2.52. The van der Waals surface area contributed by atoms with Crippen LogP contribution < -0.4 is 5.32 Å². The number of guanidine groups is 1. The minimum absolute atomic E-state index is 0.0292. The second kappa shape index (κ2) is 2.82. The highest BCUT2D eigenvalue weighted by molar-refractivity contribution is 6.07. The van der Waals surface area contributed by atoms with Crippen LogP contribution in [0.25, 0.3) is 0 Å². The minimum atomic E-state index is -0.114. The van der Waals surface area contributed by atoms with Crippen LogP contribution in [0.3, 0.4) is 0 Å². The molecule has 1 aromatic rings. The van der Waals surface area contributed by atoms with Gasteiger partial charge in [-0.25, -0.2) is 4.99 Å². The number of fused-ring (bicyclic) bond motifs is 2. The summed E-state index contributed by atoms with van der Waals surface area (Å²) < 4.78 is 0. The summed E-state index contributed by atoms with van der Waals surface area (Å²) in [6.07, 6.45) is 0. The molecule has 0 aliphatic carbocycles. The highest BCUT2D eigenvalue weighted by Gasteiger charge is 2.35. The Morgan fingerprint density at radius 3 is 3.13 bits per heavy atom. The molecule has 2 aliphatic rings. The number of nitrogens with one attached hydrogen (secondary N) is 1. The van der Waals surface area contributed by atoms with Crippen LogP contribution >= 0.6 is 0 Å². The maximum atomic E-state index is 11.5. The number of aliphatic imine (C=N–C) groups is 1. The third-order valence-electron chi connectivity index (χ3n) is 2.91. The van der Waals surface area contributed by atoms with Crippen molar-refractivity contribution in [2.45, 2.75) is 19.5 Å². The second-order valence-electron chi connectivity index (χ2n) is 3.86. The predicted molar refractivity (Wildman–Crippen MR) is 56.7 cm³/mol. The quantitative estimate of drug-likeness (QED) is 0.680. The molecule has 2 heterocycles. The lowest BCUT2D eigenvalue weighted by Crippen LogP contribution is -2.35. The average molecular weight is 201 g/mol. The highest BCUT2D eigenvalue weighted by Crippen LogP contribution is 2.28. The van der Waals surface area contributed by atoms with Crippen LogP contribution in [-0.2, 0) is 11.3 Å². The van der Waals surface area contributed by atoms with Gasteiger partial charge in [-0.1, -0.05) is 18.2 Å². The smallest absolute Gasteiger partial charge is 0.249 e. The molecule has 1 saturated heterocycles. The Hall–Kier alpha value is -1.84. The van der Waals surface area contributed by atoms with E-state index in [4.69, 9.17) is 0 Å². The lowest BCUT2D eigenvalue weighted by atomic mass is 10.1. The molecular weight excluding hydrogens is 190 g/mol. The largest absolute Gasteiger partial charge is 0.326 e. The minimum Gasteiger partial charge on any atom is -0.326 e. The summed E-state index contributed by atoms with van der Waals surface area (Å²) in [6, 6.07) is 7.85. The predicted octanol–water partition coefficient (Wildman–Crippen LogP) is 1.01. The van der Waals surface area contributed by atoms with Crippen LogP contribution in [0.1, 0.15) is 12.5 Å². The zero-order valence-corrected chi connectivity index (χ0v) is 8.40. The Balaban J connectivity index is 2.08. The Bertz CT molecular complexity index is 467. The molecule has 1 fully saturated rings. The summed E-state index contributed by atoms with van der Waals surface area (Å²) in [5.74, 6) is 0.716. The van der Waals surface area contributed by atoms with E-state index in [9.17, 15) is 4.79 Å². The van der Waals surface area contributed by atoms with Gasteiger partial charge >= 0.3 is 0 Å². The van der Waals surface area contributed by atoms with Crippen LogP contribution in [0.4, 0.5) is 5.69 Å². The number of carbonyl (C=O) groups excluding carboxylic acids is 1. The van der Waals surface area contributed by atoms with Gasteiger partial charge in [0, 0.05) is 6.54 Å². The second-order valence-corrected chi connectivity index (χ2v) is 3.86. The lowest BCUT2D eigenvalue weighted by molar-refractivity contribution is -0.121. The summed E-state index contributed by atoms with van der Waals surface area (Å²) >= 11 is 0. The molecule has 76 valence electrons. The zero-order valence-electron chi connectivity index (χ0n) is 8.40. The van der Waals surface area contributed by atoms with Crippen molar-refractivity contribution in [3.8, 4) is 0 Å². The molecular formula is C11H11N3O. The van der Waals surface area contributed by atoms with Gasteiger partial charge in [-0.2, -0.15) is 0 Å². The SMILES string of the molecule is C[C@H]1C(=O)NC2=Nc3ccccc3CN21. The van der Waals surface area contributed by atoms with Crippen LogP contribution in [0, 0.1) is 0 Å². The maximum absolute atomic E-state index is 11.5. The normalized spacial score (nSPS) is 23.0. The van der Waals surface area contributed by atoms with E-state index in [2.05, 4.69) is 10.3 Å². The Kier molecular flexibility index (Phi) is 1.59. The Labute approximate surface area is 87.6 Å². The number of carbonyl (C=O) groups is 1. The number of rotatable bonds is 0. The summed E-state index contributed by atoms with van der Waals surface area (Å²) in [4.78, 5) is 17.9. The van der Waals surface area contributed by atoms with Crippen LogP contribution in [0.15, 0.2) is 29.3 Å². The molecule has 0 radical (unpaired) electrons. The van der Waals surface area contributed by atoms with Gasteiger partial charge in [-0.05, 0) is 18.6 Å². The van der Waals surface area contributed by atoms with E-state index in [0.29, 0.717) is 5.96 Å². The Morgan fingerprint density at radius 1 is 1.47 bits per heavy atom. The van der Waals surface area contributed by atoms with Crippen molar-refractivity contribution in [3.63, 3.8) is 0 Å². The van der Waals surface area contributed by atoms with E-state index < -0.39 is 0 Å². The van der Waals surface area contributed by atoms with Crippen molar-refractivity contribution in [1.82, 2.24) is 10.2 Å². The van der Waals surface area contributed by atoms with Gasteiger partial charge in [-0.3, -0.25) is 10.1 Å². The van der Waals surface area contributed by atoms with Gasteiger partial charge in [0.05, 0.1) is 5.69 Å². The fourth-order valence-corrected chi connectivity index (χ4v) is 1.97. The molecule has 0 bridgehead atoms. The van der Waals surface area contributed by atoms with Gasteiger partial charge in [0.2, 0.25) is 11.9 Å². The maximum Gasteiger partial charge on any atom is 0.249 e. The molecule has 3 rings (SSSR count).